The third kappa shape index (κ3) is 4.17. The van der Waals surface area contributed by atoms with Crippen LogP contribution in [0.15, 0.2) is 12.1 Å². The number of rotatable bonds is 5. The Morgan fingerprint density at radius 3 is 2.00 bits per heavy atom. The minimum atomic E-state index is -0.820. The number of hydrogen-bond acceptors (Lipinski definition) is 1. The van der Waals surface area contributed by atoms with Crippen LogP contribution in [0.5, 0.6) is 5.75 Å². The first-order valence-corrected chi connectivity index (χ1v) is 10.2. The highest BCUT2D eigenvalue weighted by Gasteiger charge is 2.32. The second kappa shape index (κ2) is 8.51. The van der Waals surface area contributed by atoms with Crippen molar-refractivity contribution in [3.05, 3.63) is 29.3 Å². The molecular formula is C22H32F2O. The molecule has 0 spiro atoms. The molecule has 0 saturated heterocycles. The molecule has 0 aliphatic heterocycles. The summed E-state index contributed by atoms with van der Waals surface area (Å²) in [5.41, 5.74) is 0.550. The molecule has 0 atom stereocenters. The fourth-order valence-corrected chi connectivity index (χ4v) is 5.10. The van der Waals surface area contributed by atoms with Crippen molar-refractivity contribution in [2.24, 2.45) is 17.8 Å². The molecule has 25 heavy (non-hydrogen) atoms. The molecule has 0 N–H and O–H groups in total. The van der Waals surface area contributed by atoms with Gasteiger partial charge in [-0.15, -0.1) is 0 Å². The minimum absolute atomic E-state index is 0.0325. The molecule has 0 aromatic heterocycles. The zero-order valence-electron chi connectivity index (χ0n) is 15.7. The van der Waals surface area contributed by atoms with Gasteiger partial charge in [-0.3, -0.25) is 0 Å². The van der Waals surface area contributed by atoms with Crippen LogP contribution in [0.4, 0.5) is 8.78 Å². The van der Waals surface area contributed by atoms with Gasteiger partial charge in [-0.25, -0.2) is 4.39 Å². The molecule has 2 saturated carbocycles. The van der Waals surface area contributed by atoms with E-state index in [4.69, 9.17) is 4.74 Å². The van der Waals surface area contributed by atoms with Gasteiger partial charge in [0.1, 0.15) is 0 Å². The summed E-state index contributed by atoms with van der Waals surface area (Å²) >= 11 is 0. The average molecular weight is 350 g/mol. The van der Waals surface area contributed by atoms with E-state index in [1.54, 1.807) is 19.1 Å². The topological polar surface area (TPSA) is 9.23 Å². The summed E-state index contributed by atoms with van der Waals surface area (Å²) in [5, 5.41) is 0. The van der Waals surface area contributed by atoms with E-state index in [1.807, 2.05) is 0 Å². The van der Waals surface area contributed by atoms with E-state index in [2.05, 4.69) is 6.92 Å². The van der Waals surface area contributed by atoms with E-state index in [-0.39, 0.29) is 11.7 Å². The standard InChI is InChI=1S/C22H32F2O/c1-3-15-5-7-16(8-6-15)17-9-11-18(12-10-17)19-13-14-20(25-4-2)22(24)21(19)23/h13-18H,3-12H2,1-2H3/t15-,16-,17-,18-. The summed E-state index contributed by atoms with van der Waals surface area (Å²) in [6.07, 6.45) is 11.2. The molecule has 1 nitrogen and oxygen atoms in total. The predicted molar refractivity (Wildman–Crippen MR) is 98.0 cm³/mol. The van der Waals surface area contributed by atoms with Crippen molar-refractivity contribution in [2.45, 2.75) is 77.6 Å². The first-order chi connectivity index (χ1) is 12.1. The largest absolute Gasteiger partial charge is 0.491 e. The molecule has 0 bridgehead atoms. The van der Waals surface area contributed by atoms with Crippen LogP contribution in [-0.2, 0) is 0 Å². The van der Waals surface area contributed by atoms with Crippen LogP contribution < -0.4 is 4.74 Å². The molecule has 140 valence electrons. The second-order valence-electron chi connectivity index (χ2n) is 8.01. The quantitative estimate of drug-likeness (QED) is 0.564. The molecule has 2 aliphatic carbocycles. The lowest BCUT2D eigenvalue weighted by atomic mass is 9.68. The SMILES string of the molecule is CCOc1ccc([C@H]2CC[C@H]([C@H]3CC[C@H](CC)CC3)CC2)c(F)c1F. The van der Waals surface area contributed by atoms with E-state index in [0.29, 0.717) is 12.2 Å². The fraction of sp³-hybridized carbons (Fsp3) is 0.727. The van der Waals surface area contributed by atoms with Gasteiger partial charge in [-0.1, -0.05) is 32.3 Å². The summed E-state index contributed by atoms with van der Waals surface area (Å²) in [6, 6.07) is 3.33. The molecule has 3 heteroatoms. The average Bonchev–Trinajstić information content (AvgIpc) is 2.66. The zero-order chi connectivity index (χ0) is 17.8. The minimum Gasteiger partial charge on any atom is -0.491 e. The number of ether oxygens (including phenoxy) is 1. The highest BCUT2D eigenvalue weighted by molar-refractivity contribution is 5.33. The van der Waals surface area contributed by atoms with Crippen LogP contribution in [-0.4, -0.2) is 6.61 Å². The van der Waals surface area contributed by atoms with Gasteiger partial charge in [0.2, 0.25) is 5.82 Å². The maximum Gasteiger partial charge on any atom is 0.200 e. The third-order valence-electron chi connectivity index (χ3n) is 6.72. The van der Waals surface area contributed by atoms with E-state index in [1.165, 1.54) is 44.9 Å². The van der Waals surface area contributed by atoms with Crippen LogP contribution in [0.3, 0.4) is 0 Å². The second-order valence-corrected chi connectivity index (χ2v) is 8.01. The fourth-order valence-electron chi connectivity index (χ4n) is 5.10. The molecule has 2 fully saturated rings. The van der Waals surface area contributed by atoms with Crippen molar-refractivity contribution in [3.63, 3.8) is 0 Å². The first-order valence-electron chi connectivity index (χ1n) is 10.2. The van der Waals surface area contributed by atoms with Gasteiger partial charge >= 0.3 is 0 Å². The lowest BCUT2D eigenvalue weighted by Crippen LogP contribution is -2.25. The molecule has 2 aliphatic rings. The molecule has 0 heterocycles. The Kier molecular flexibility index (Phi) is 6.35. The maximum atomic E-state index is 14.4. The van der Waals surface area contributed by atoms with Gasteiger partial charge in [0.15, 0.2) is 11.6 Å². The summed E-state index contributed by atoms with van der Waals surface area (Å²) in [4.78, 5) is 0. The Balaban J connectivity index is 1.58. The predicted octanol–water partition coefficient (Wildman–Crippen LogP) is 6.85. The van der Waals surface area contributed by atoms with Gasteiger partial charge in [0.25, 0.3) is 0 Å². The Hall–Kier alpha value is -1.12. The highest BCUT2D eigenvalue weighted by atomic mass is 19.2. The molecule has 1 aromatic rings. The number of halogens is 2. The molecule has 0 radical (unpaired) electrons. The van der Waals surface area contributed by atoms with E-state index >= 15 is 0 Å². The van der Waals surface area contributed by atoms with Crippen LogP contribution in [0.25, 0.3) is 0 Å². The van der Waals surface area contributed by atoms with Crippen LogP contribution in [0, 0.1) is 29.4 Å². The van der Waals surface area contributed by atoms with Gasteiger partial charge in [-0.05, 0) is 80.8 Å². The monoisotopic (exact) mass is 350 g/mol. The van der Waals surface area contributed by atoms with Crippen molar-refractivity contribution < 1.29 is 13.5 Å². The van der Waals surface area contributed by atoms with Crippen molar-refractivity contribution in [1.82, 2.24) is 0 Å². The Labute approximate surface area is 151 Å². The van der Waals surface area contributed by atoms with Crippen LogP contribution in [0.1, 0.15) is 83.1 Å². The summed E-state index contributed by atoms with van der Waals surface area (Å²) in [6.45, 7) is 4.43. The van der Waals surface area contributed by atoms with Crippen molar-refractivity contribution in [3.8, 4) is 5.75 Å². The van der Waals surface area contributed by atoms with Crippen molar-refractivity contribution in [2.75, 3.05) is 6.61 Å². The van der Waals surface area contributed by atoms with Crippen molar-refractivity contribution >= 4 is 0 Å². The van der Waals surface area contributed by atoms with E-state index in [0.717, 1.165) is 30.6 Å². The lowest BCUT2D eigenvalue weighted by Gasteiger charge is -2.38. The first kappa shape index (κ1) is 18.7. The zero-order valence-corrected chi connectivity index (χ0v) is 15.7. The summed E-state index contributed by atoms with van der Waals surface area (Å²) in [5.74, 6) is 1.28. The normalized spacial score (nSPS) is 30.2. The highest BCUT2D eigenvalue weighted by Crippen LogP contribution is 2.45. The van der Waals surface area contributed by atoms with E-state index in [9.17, 15) is 8.78 Å². The smallest absolute Gasteiger partial charge is 0.200 e. The lowest BCUT2D eigenvalue weighted by molar-refractivity contribution is 0.158. The molecule has 0 amide bonds. The summed E-state index contributed by atoms with van der Waals surface area (Å²) < 4.78 is 33.7. The Morgan fingerprint density at radius 2 is 1.44 bits per heavy atom. The van der Waals surface area contributed by atoms with Crippen LogP contribution in [0.2, 0.25) is 0 Å². The summed E-state index contributed by atoms with van der Waals surface area (Å²) in [7, 11) is 0. The Morgan fingerprint density at radius 1 is 0.840 bits per heavy atom. The molecule has 0 unspecified atom stereocenters. The molecule has 1 aromatic carbocycles. The van der Waals surface area contributed by atoms with Gasteiger partial charge in [0.05, 0.1) is 6.61 Å². The number of hydrogen-bond donors (Lipinski definition) is 0. The maximum absolute atomic E-state index is 14.4. The van der Waals surface area contributed by atoms with Crippen LogP contribution >= 0.6 is 0 Å². The number of benzene rings is 1. The van der Waals surface area contributed by atoms with Crippen molar-refractivity contribution in [1.29, 1.82) is 0 Å². The molecular weight excluding hydrogens is 318 g/mol. The van der Waals surface area contributed by atoms with Gasteiger partial charge < -0.3 is 4.74 Å². The molecule has 3 rings (SSSR count). The third-order valence-corrected chi connectivity index (χ3v) is 6.72. The Bertz CT molecular complexity index is 555. The van der Waals surface area contributed by atoms with E-state index < -0.39 is 11.6 Å². The van der Waals surface area contributed by atoms with Gasteiger partial charge in [0, 0.05) is 0 Å². The van der Waals surface area contributed by atoms with Gasteiger partial charge in [-0.2, -0.15) is 4.39 Å².